The number of nitrogens with zero attached hydrogens (tertiary/aromatic N) is 4. The lowest BCUT2D eigenvalue weighted by Crippen LogP contribution is -2.54. The Morgan fingerprint density at radius 3 is 2.12 bits per heavy atom. The number of rotatable bonds is 26. The molecule has 1 saturated heterocycles. The van der Waals surface area contributed by atoms with E-state index in [1.807, 2.05) is 75.5 Å². The standard InChI is InChI=1S/C53H81N5O6S/c1-14-37(8)49(57(11)53(62)42(35(4)5)31-45(59)48(36(6)7)56(10)33-41-23-18-22-40(29-41)28-34(2)3)46(63-12)32-47(60)58-26-19-24-44(58)50(64-13)38(9)51(61)55-43(52-54-25-27-65-52)30-39-20-16-15-17-21-39/h15-18,20-23,25,27,29,34-38,42-44,46,48-50H,14,19,24,26,28,30-33H2,1-13H3,(H,55,61)/t37-,38+,42-,43-,44-,46+,48-,49-,50+/m0/s1. The van der Waals surface area contributed by atoms with E-state index < -0.39 is 30.1 Å². The molecule has 0 saturated carbocycles. The van der Waals surface area contributed by atoms with Crippen LogP contribution in [0.4, 0.5) is 0 Å². The Labute approximate surface area is 395 Å². The number of hydrogen-bond acceptors (Lipinski definition) is 9. The maximum absolute atomic E-state index is 14.7. The van der Waals surface area contributed by atoms with Crippen molar-refractivity contribution in [2.24, 2.45) is 35.5 Å². The maximum Gasteiger partial charge on any atom is 0.226 e. The molecule has 1 aliphatic heterocycles. The van der Waals surface area contributed by atoms with Crippen molar-refractivity contribution >= 4 is 34.8 Å². The van der Waals surface area contributed by atoms with Gasteiger partial charge < -0.3 is 24.6 Å². The van der Waals surface area contributed by atoms with E-state index in [0.717, 1.165) is 29.8 Å². The summed E-state index contributed by atoms with van der Waals surface area (Å²) in [5, 5.41) is 6.00. The van der Waals surface area contributed by atoms with Crippen LogP contribution in [0.3, 0.4) is 0 Å². The second-order valence-corrected chi connectivity index (χ2v) is 20.7. The first-order valence-electron chi connectivity index (χ1n) is 24.1. The highest BCUT2D eigenvalue weighted by atomic mass is 32.1. The third-order valence-electron chi connectivity index (χ3n) is 13.7. The number of Topliss-reactive ketones (excluding diaryl/α,β-unsaturated/α-hetero) is 1. The SMILES string of the molecule is CC[C@H](C)[C@@H]([C@@H](CC(=O)N1CCC[C@H]1[C@H](OC)[C@@H](C)C(=O)N[C@@H](Cc1ccccc1)c1nccs1)OC)N(C)C(=O)[C@@H](CC(=O)[C@H](C(C)C)N(C)Cc1cccc(CC(C)C)c1)C(C)C. The van der Waals surface area contributed by atoms with Crippen LogP contribution < -0.4 is 5.32 Å². The molecule has 0 bridgehead atoms. The molecule has 360 valence electrons. The molecule has 2 heterocycles. The molecule has 9 atom stereocenters. The van der Waals surface area contributed by atoms with Gasteiger partial charge in [0.1, 0.15) is 5.01 Å². The Morgan fingerprint density at radius 1 is 0.862 bits per heavy atom. The molecule has 11 nitrogen and oxygen atoms in total. The Balaban J connectivity index is 1.48. The third-order valence-corrected chi connectivity index (χ3v) is 14.5. The van der Waals surface area contributed by atoms with E-state index in [1.54, 1.807) is 25.3 Å². The highest BCUT2D eigenvalue weighted by molar-refractivity contribution is 7.09. The monoisotopic (exact) mass is 916 g/mol. The van der Waals surface area contributed by atoms with Gasteiger partial charge in [0, 0.05) is 58.3 Å². The number of aromatic nitrogens is 1. The number of ketones is 1. The van der Waals surface area contributed by atoms with Gasteiger partial charge in [0.05, 0.1) is 48.7 Å². The molecular formula is C53H81N5O6S. The van der Waals surface area contributed by atoms with Crippen LogP contribution in [0.25, 0.3) is 0 Å². The summed E-state index contributed by atoms with van der Waals surface area (Å²) in [4.78, 5) is 67.9. The van der Waals surface area contributed by atoms with Crippen molar-refractivity contribution in [1.29, 1.82) is 0 Å². The van der Waals surface area contributed by atoms with Crippen molar-refractivity contribution in [2.45, 2.75) is 150 Å². The van der Waals surface area contributed by atoms with E-state index in [4.69, 9.17) is 9.47 Å². The number of carbonyl (C=O) groups excluding carboxylic acids is 4. The Hall–Kier alpha value is -3.97. The van der Waals surface area contributed by atoms with Gasteiger partial charge in [-0.3, -0.25) is 24.1 Å². The average Bonchev–Trinajstić information content (AvgIpc) is 3.99. The van der Waals surface area contributed by atoms with E-state index >= 15 is 0 Å². The molecule has 1 aliphatic rings. The van der Waals surface area contributed by atoms with Crippen LogP contribution >= 0.6 is 11.3 Å². The molecule has 1 aromatic heterocycles. The summed E-state index contributed by atoms with van der Waals surface area (Å²) in [6.07, 6.45) is 4.65. The second kappa shape index (κ2) is 25.8. The number of benzene rings is 2. The van der Waals surface area contributed by atoms with Crippen LogP contribution in [0.15, 0.2) is 66.2 Å². The van der Waals surface area contributed by atoms with Crippen LogP contribution in [0, 0.1) is 35.5 Å². The summed E-state index contributed by atoms with van der Waals surface area (Å²) in [6.45, 7) is 19.8. The molecule has 4 rings (SSSR count). The fourth-order valence-corrected chi connectivity index (χ4v) is 10.8. The molecule has 0 aliphatic carbocycles. The van der Waals surface area contributed by atoms with E-state index in [0.29, 0.717) is 31.8 Å². The van der Waals surface area contributed by atoms with Crippen molar-refractivity contribution in [3.8, 4) is 0 Å². The molecule has 3 aromatic rings. The van der Waals surface area contributed by atoms with Gasteiger partial charge in [-0.2, -0.15) is 0 Å². The molecule has 1 N–H and O–H groups in total. The van der Waals surface area contributed by atoms with Crippen LogP contribution in [0.1, 0.15) is 122 Å². The zero-order chi connectivity index (χ0) is 48.0. The van der Waals surface area contributed by atoms with Gasteiger partial charge in [0.25, 0.3) is 0 Å². The Bertz CT molecular complexity index is 1920. The summed E-state index contributed by atoms with van der Waals surface area (Å²) >= 11 is 1.51. The number of hydrogen-bond donors (Lipinski definition) is 1. The van der Waals surface area contributed by atoms with E-state index in [1.165, 1.54) is 22.5 Å². The lowest BCUT2D eigenvalue weighted by molar-refractivity contribution is -0.149. The smallest absolute Gasteiger partial charge is 0.226 e. The fraction of sp³-hybridized carbons (Fsp3) is 0.642. The Kier molecular flexibility index (Phi) is 21.3. The zero-order valence-electron chi connectivity index (χ0n) is 41.8. The number of nitrogens with one attached hydrogen (secondary N) is 1. The maximum atomic E-state index is 14.7. The number of methoxy groups -OCH3 is 2. The van der Waals surface area contributed by atoms with Gasteiger partial charge in [-0.25, -0.2) is 4.98 Å². The fourth-order valence-electron chi connectivity index (χ4n) is 10.1. The molecule has 2 aromatic carbocycles. The molecule has 12 heteroatoms. The highest BCUT2D eigenvalue weighted by Gasteiger charge is 2.43. The summed E-state index contributed by atoms with van der Waals surface area (Å²) in [5.41, 5.74) is 3.56. The van der Waals surface area contributed by atoms with E-state index in [2.05, 4.69) is 81.0 Å². The Morgan fingerprint density at radius 2 is 1.54 bits per heavy atom. The molecule has 1 fully saturated rings. The number of amides is 3. The van der Waals surface area contributed by atoms with Crippen molar-refractivity contribution < 1.29 is 28.7 Å². The molecule has 0 spiro atoms. The summed E-state index contributed by atoms with van der Waals surface area (Å²) < 4.78 is 12.2. The first kappa shape index (κ1) is 53.6. The predicted octanol–water partition coefficient (Wildman–Crippen LogP) is 9.05. The summed E-state index contributed by atoms with van der Waals surface area (Å²) in [7, 11) is 7.04. The first-order chi connectivity index (χ1) is 30.9. The van der Waals surface area contributed by atoms with Gasteiger partial charge in [0.15, 0.2) is 5.78 Å². The molecule has 0 radical (unpaired) electrons. The van der Waals surface area contributed by atoms with E-state index in [9.17, 15) is 19.2 Å². The quantitative estimate of drug-likeness (QED) is 0.0848. The van der Waals surface area contributed by atoms with Gasteiger partial charge in [-0.05, 0) is 73.1 Å². The summed E-state index contributed by atoms with van der Waals surface area (Å²) in [5.74, 6) is -0.896. The van der Waals surface area contributed by atoms with E-state index in [-0.39, 0.29) is 72.2 Å². The minimum absolute atomic E-state index is 0.00213. The first-order valence-corrected chi connectivity index (χ1v) is 25.0. The molecule has 0 unspecified atom stereocenters. The summed E-state index contributed by atoms with van der Waals surface area (Å²) in [6, 6.07) is 17.3. The number of thiazole rings is 1. The normalized spacial score (nSPS) is 18.0. The van der Waals surface area contributed by atoms with Crippen LogP contribution in [-0.2, 0) is 48.0 Å². The topological polar surface area (TPSA) is 121 Å². The third kappa shape index (κ3) is 14.8. The molecule has 65 heavy (non-hydrogen) atoms. The lowest BCUT2D eigenvalue weighted by atomic mass is 9.83. The highest BCUT2D eigenvalue weighted by Crippen LogP contribution is 2.32. The van der Waals surface area contributed by atoms with Gasteiger partial charge in [-0.15, -0.1) is 11.3 Å². The number of carbonyl (C=O) groups is 4. The predicted molar refractivity (Wildman–Crippen MR) is 262 cm³/mol. The number of likely N-dealkylation sites (tertiary alicyclic amines) is 1. The van der Waals surface area contributed by atoms with Crippen LogP contribution in [0.5, 0.6) is 0 Å². The lowest BCUT2D eigenvalue weighted by Gasteiger charge is -2.41. The minimum atomic E-state index is -0.601. The van der Waals surface area contributed by atoms with Gasteiger partial charge in [0.2, 0.25) is 17.7 Å². The largest absolute Gasteiger partial charge is 0.379 e. The van der Waals surface area contributed by atoms with Crippen molar-refractivity contribution in [2.75, 3.05) is 34.9 Å². The van der Waals surface area contributed by atoms with Gasteiger partial charge >= 0.3 is 0 Å². The van der Waals surface area contributed by atoms with Gasteiger partial charge in [-0.1, -0.05) is 123 Å². The number of ether oxygens (including phenoxy) is 2. The van der Waals surface area contributed by atoms with Crippen molar-refractivity contribution in [3.05, 3.63) is 87.9 Å². The van der Waals surface area contributed by atoms with Crippen LogP contribution in [0.2, 0.25) is 0 Å². The molecular weight excluding hydrogens is 835 g/mol. The molecule has 3 amide bonds. The van der Waals surface area contributed by atoms with Crippen molar-refractivity contribution in [3.63, 3.8) is 0 Å². The minimum Gasteiger partial charge on any atom is -0.379 e. The number of likely N-dealkylation sites (N-methyl/N-ethyl adjacent to an activating group) is 2. The van der Waals surface area contributed by atoms with Crippen molar-refractivity contribution in [1.82, 2.24) is 25.0 Å². The van der Waals surface area contributed by atoms with Crippen LogP contribution in [-0.4, -0.2) is 108 Å². The zero-order valence-corrected chi connectivity index (χ0v) is 42.6. The average molecular weight is 916 g/mol. The second-order valence-electron chi connectivity index (χ2n) is 19.8.